The molecule has 2 aromatic rings. The van der Waals surface area contributed by atoms with Gasteiger partial charge < -0.3 is 15.2 Å². The lowest BCUT2D eigenvalue weighted by molar-refractivity contribution is 0.294. The van der Waals surface area contributed by atoms with Crippen molar-refractivity contribution < 1.29 is 0 Å². The number of fused-ring (bicyclic) bond motifs is 1. The third kappa shape index (κ3) is 4.37. The van der Waals surface area contributed by atoms with E-state index in [-0.39, 0.29) is 0 Å². The number of nitrogen functional groups attached to an aromatic ring is 1. The summed E-state index contributed by atoms with van der Waals surface area (Å²) in [5.41, 5.74) is 9.01. The SMILES string of the molecule is CC.CCN(CC)CCCn1c(N)nc2cc(C)c(Cl)cc21. The van der Waals surface area contributed by atoms with Gasteiger partial charge in [-0.2, -0.15) is 0 Å². The number of rotatable bonds is 6. The molecule has 4 nitrogen and oxygen atoms in total. The second-order valence-corrected chi connectivity index (χ2v) is 5.50. The van der Waals surface area contributed by atoms with Crippen molar-refractivity contribution in [3.63, 3.8) is 0 Å². The van der Waals surface area contributed by atoms with Crippen LogP contribution in [0.3, 0.4) is 0 Å². The molecule has 0 atom stereocenters. The summed E-state index contributed by atoms with van der Waals surface area (Å²) in [6.07, 6.45) is 1.06. The van der Waals surface area contributed by atoms with Gasteiger partial charge in [-0.25, -0.2) is 4.98 Å². The molecule has 0 unspecified atom stereocenters. The van der Waals surface area contributed by atoms with Gasteiger partial charge in [0.25, 0.3) is 0 Å². The van der Waals surface area contributed by atoms with Crippen LogP contribution in [0.4, 0.5) is 5.95 Å². The minimum Gasteiger partial charge on any atom is -0.369 e. The van der Waals surface area contributed by atoms with E-state index in [1.165, 1.54) is 0 Å². The Morgan fingerprint density at radius 1 is 1.23 bits per heavy atom. The van der Waals surface area contributed by atoms with Gasteiger partial charge in [0.05, 0.1) is 11.0 Å². The van der Waals surface area contributed by atoms with Crippen LogP contribution in [-0.4, -0.2) is 34.1 Å². The zero-order valence-electron chi connectivity index (χ0n) is 14.5. The monoisotopic (exact) mass is 324 g/mol. The van der Waals surface area contributed by atoms with Gasteiger partial charge >= 0.3 is 0 Å². The summed E-state index contributed by atoms with van der Waals surface area (Å²) in [4.78, 5) is 6.83. The van der Waals surface area contributed by atoms with Crippen LogP contribution in [0.1, 0.15) is 39.7 Å². The molecule has 1 aromatic heterocycles. The Bertz CT molecular complexity index is 588. The zero-order chi connectivity index (χ0) is 16.7. The summed E-state index contributed by atoms with van der Waals surface area (Å²) in [6, 6.07) is 3.96. The Morgan fingerprint density at radius 3 is 2.45 bits per heavy atom. The lowest BCUT2D eigenvalue weighted by atomic mass is 10.2. The minimum absolute atomic E-state index is 0.571. The smallest absolute Gasteiger partial charge is 0.201 e. The second-order valence-electron chi connectivity index (χ2n) is 5.09. The second kappa shape index (κ2) is 9.01. The summed E-state index contributed by atoms with van der Waals surface area (Å²) in [7, 11) is 0. The van der Waals surface area contributed by atoms with Crippen molar-refractivity contribution in [2.45, 2.75) is 47.6 Å². The van der Waals surface area contributed by atoms with E-state index in [2.05, 4.69) is 28.3 Å². The lowest BCUT2D eigenvalue weighted by Gasteiger charge is -2.18. The van der Waals surface area contributed by atoms with Crippen molar-refractivity contribution >= 4 is 28.6 Å². The van der Waals surface area contributed by atoms with Crippen LogP contribution in [-0.2, 0) is 6.54 Å². The molecule has 1 aromatic carbocycles. The van der Waals surface area contributed by atoms with Crippen LogP contribution in [0, 0.1) is 6.92 Å². The summed E-state index contributed by atoms with van der Waals surface area (Å²) in [6.45, 7) is 14.5. The number of aryl methyl sites for hydroxylation is 2. The highest BCUT2D eigenvalue weighted by atomic mass is 35.5. The van der Waals surface area contributed by atoms with Crippen LogP contribution in [0.2, 0.25) is 5.02 Å². The first-order valence-electron chi connectivity index (χ1n) is 8.21. The molecule has 124 valence electrons. The number of hydrogen-bond donors (Lipinski definition) is 1. The Labute approximate surface area is 139 Å². The van der Waals surface area contributed by atoms with Crippen LogP contribution in [0.25, 0.3) is 11.0 Å². The molecular weight excluding hydrogens is 296 g/mol. The van der Waals surface area contributed by atoms with Crippen LogP contribution in [0.5, 0.6) is 0 Å². The first-order chi connectivity index (χ1) is 10.6. The number of imidazole rings is 1. The van der Waals surface area contributed by atoms with Gasteiger partial charge in [-0.3, -0.25) is 0 Å². The average molecular weight is 325 g/mol. The number of halogens is 1. The summed E-state index contributed by atoms with van der Waals surface area (Å²) >= 11 is 6.21. The molecule has 22 heavy (non-hydrogen) atoms. The van der Waals surface area contributed by atoms with Crippen LogP contribution in [0.15, 0.2) is 12.1 Å². The molecule has 2 N–H and O–H groups in total. The molecule has 1 heterocycles. The Kier molecular flexibility index (Phi) is 7.69. The number of aromatic nitrogens is 2. The summed E-state index contributed by atoms with van der Waals surface area (Å²) in [5.74, 6) is 0.571. The molecule has 0 aliphatic rings. The van der Waals surface area contributed by atoms with Crippen molar-refractivity contribution in [3.05, 3.63) is 22.7 Å². The van der Waals surface area contributed by atoms with Gasteiger partial charge in [0.1, 0.15) is 0 Å². The molecule has 2 rings (SSSR count). The third-order valence-corrected chi connectivity index (χ3v) is 4.22. The first kappa shape index (κ1) is 18.8. The number of anilines is 1. The van der Waals surface area contributed by atoms with E-state index in [0.717, 1.165) is 54.2 Å². The van der Waals surface area contributed by atoms with Gasteiger partial charge in [0.15, 0.2) is 0 Å². The van der Waals surface area contributed by atoms with E-state index in [0.29, 0.717) is 5.95 Å². The molecule has 0 saturated heterocycles. The number of nitrogens with two attached hydrogens (primary N) is 1. The highest BCUT2D eigenvalue weighted by molar-refractivity contribution is 6.32. The number of hydrogen-bond acceptors (Lipinski definition) is 3. The van der Waals surface area contributed by atoms with E-state index in [1.807, 2.05) is 32.9 Å². The highest BCUT2D eigenvalue weighted by Gasteiger charge is 2.10. The predicted octanol–water partition coefficient (Wildman–Crippen LogP) is 4.34. The van der Waals surface area contributed by atoms with Crippen molar-refractivity contribution in [1.29, 1.82) is 0 Å². The Hall–Kier alpha value is -1.26. The van der Waals surface area contributed by atoms with E-state index in [4.69, 9.17) is 17.3 Å². The summed E-state index contributed by atoms with van der Waals surface area (Å²) < 4.78 is 2.06. The number of benzene rings is 1. The molecule has 5 heteroatoms. The average Bonchev–Trinajstić information content (AvgIpc) is 2.81. The predicted molar refractivity (Wildman–Crippen MR) is 97.6 cm³/mol. The molecule has 0 aliphatic heterocycles. The Morgan fingerprint density at radius 2 is 1.86 bits per heavy atom. The molecule has 0 spiro atoms. The first-order valence-corrected chi connectivity index (χ1v) is 8.58. The topological polar surface area (TPSA) is 47.1 Å². The van der Waals surface area contributed by atoms with Crippen molar-refractivity contribution in [2.75, 3.05) is 25.4 Å². The van der Waals surface area contributed by atoms with Crippen molar-refractivity contribution in [1.82, 2.24) is 14.5 Å². The van der Waals surface area contributed by atoms with Gasteiger partial charge in [0, 0.05) is 11.6 Å². The quantitative estimate of drug-likeness (QED) is 0.859. The lowest BCUT2D eigenvalue weighted by Crippen LogP contribution is -2.25. The van der Waals surface area contributed by atoms with Gasteiger partial charge in [0.2, 0.25) is 5.95 Å². The Balaban J connectivity index is 0.00000116. The maximum absolute atomic E-state index is 6.21. The molecule has 0 fully saturated rings. The van der Waals surface area contributed by atoms with Crippen molar-refractivity contribution in [2.24, 2.45) is 0 Å². The third-order valence-electron chi connectivity index (χ3n) is 3.81. The molecular formula is C17H29ClN4. The van der Waals surface area contributed by atoms with Gasteiger partial charge in [-0.1, -0.05) is 39.3 Å². The largest absolute Gasteiger partial charge is 0.369 e. The van der Waals surface area contributed by atoms with E-state index < -0.39 is 0 Å². The van der Waals surface area contributed by atoms with E-state index >= 15 is 0 Å². The van der Waals surface area contributed by atoms with E-state index in [1.54, 1.807) is 0 Å². The molecule has 0 saturated carbocycles. The molecule has 0 radical (unpaired) electrons. The van der Waals surface area contributed by atoms with Gasteiger partial charge in [-0.15, -0.1) is 0 Å². The highest BCUT2D eigenvalue weighted by Crippen LogP contribution is 2.25. The maximum Gasteiger partial charge on any atom is 0.201 e. The number of nitrogens with zero attached hydrogens (tertiary/aromatic N) is 3. The maximum atomic E-state index is 6.21. The van der Waals surface area contributed by atoms with E-state index in [9.17, 15) is 0 Å². The van der Waals surface area contributed by atoms with Crippen LogP contribution >= 0.6 is 11.6 Å². The standard InChI is InChI=1S/C15H23ClN4.C2H6/c1-4-19(5-2)7-6-8-20-14-10-12(16)11(3)9-13(14)18-15(20)17;1-2/h9-10H,4-8H2,1-3H3,(H2,17,18);1-2H3. The fourth-order valence-corrected chi connectivity index (χ4v) is 2.65. The summed E-state index contributed by atoms with van der Waals surface area (Å²) in [5, 5.41) is 0.766. The fourth-order valence-electron chi connectivity index (χ4n) is 2.50. The zero-order valence-corrected chi connectivity index (χ0v) is 15.2. The fraction of sp³-hybridized carbons (Fsp3) is 0.588. The molecule has 0 aliphatic carbocycles. The molecule has 0 amide bonds. The normalized spacial score (nSPS) is 10.9. The molecule has 0 bridgehead atoms. The minimum atomic E-state index is 0.571. The van der Waals surface area contributed by atoms with Crippen molar-refractivity contribution in [3.8, 4) is 0 Å². The van der Waals surface area contributed by atoms with Gasteiger partial charge in [-0.05, 0) is 50.7 Å². The van der Waals surface area contributed by atoms with Crippen LogP contribution < -0.4 is 5.73 Å².